The smallest absolute Gasteiger partial charge is 0.237 e. The van der Waals surface area contributed by atoms with E-state index in [0.29, 0.717) is 11.7 Å². The molecule has 1 amide bonds. The van der Waals surface area contributed by atoms with E-state index < -0.39 is 0 Å². The van der Waals surface area contributed by atoms with E-state index in [4.69, 9.17) is 11.6 Å². The number of likely N-dealkylation sites (tertiary alicyclic amines) is 1. The van der Waals surface area contributed by atoms with Gasteiger partial charge in [-0.25, -0.2) is 0 Å². The minimum Gasteiger partial charge on any atom is -0.358 e. The first-order chi connectivity index (χ1) is 9.58. The summed E-state index contributed by atoms with van der Waals surface area (Å²) in [5, 5.41) is 7.89. The number of aryl methyl sites for hydroxylation is 2. The van der Waals surface area contributed by atoms with E-state index in [1.54, 1.807) is 11.7 Å². The summed E-state index contributed by atoms with van der Waals surface area (Å²) >= 11 is 6.35. The van der Waals surface area contributed by atoms with Gasteiger partial charge in [0.25, 0.3) is 0 Å². The Kier molecular flexibility index (Phi) is 5.05. The lowest BCUT2D eigenvalue weighted by Crippen LogP contribution is -2.48. The highest BCUT2D eigenvalue weighted by molar-refractivity contribution is 6.30. The molecule has 1 aliphatic rings. The highest BCUT2D eigenvalue weighted by Crippen LogP contribution is 2.25. The van der Waals surface area contributed by atoms with Crippen molar-refractivity contribution in [3.63, 3.8) is 0 Å². The molecule has 0 bridgehead atoms. The van der Waals surface area contributed by atoms with E-state index in [2.05, 4.69) is 22.2 Å². The molecule has 1 fully saturated rings. The lowest BCUT2D eigenvalue weighted by atomic mass is 10.0. The Morgan fingerprint density at radius 1 is 1.50 bits per heavy atom. The van der Waals surface area contributed by atoms with Gasteiger partial charge < -0.3 is 5.32 Å². The van der Waals surface area contributed by atoms with Crippen LogP contribution in [0, 0.1) is 0 Å². The molecular formula is C14H23ClN4O. The number of piperidine rings is 1. The number of hydrogen-bond donors (Lipinski definition) is 1. The molecule has 0 aliphatic carbocycles. The van der Waals surface area contributed by atoms with Gasteiger partial charge in [0, 0.05) is 26.2 Å². The number of likely N-dealkylation sites (N-methyl/N-ethyl adjacent to an activating group) is 1. The predicted molar refractivity (Wildman–Crippen MR) is 79.7 cm³/mol. The van der Waals surface area contributed by atoms with Crippen molar-refractivity contribution in [3.8, 4) is 0 Å². The Morgan fingerprint density at radius 3 is 2.90 bits per heavy atom. The quantitative estimate of drug-likeness (QED) is 0.921. The number of halogens is 1. The van der Waals surface area contributed by atoms with E-state index in [1.807, 2.05) is 7.05 Å². The zero-order chi connectivity index (χ0) is 14.7. The van der Waals surface area contributed by atoms with Crippen LogP contribution in [0.5, 0.6) is 0 Å². The Labute approximate surface area is 125 Å². The van der Waals surface area contributed by atoms with Gasteiger partial charge in [0.1, 0.15) is 5.15 Å². The van der Waals surface area contributed by atoms with Crippen molar-refractivity contribution < 1.29 is 4.79 Å². The maximum atomic E-state index is 12.0. The molecule has 6 heteroatoms. The number of hydrogen-bond acceptors (Lipinski definition) is 3. The fourth-order valence-electron chi connectivity index (χ4n) is 2.89. The van der Waals surface area contributed by atoms with Gasteiger partial charge in [0.15, 0.2) is 0 Å². The van der Waals surface area contributed by atoms with Crippen LogP contribution in [0.2, 0.25) is 5.15 Å². The zero-order valence-corrected chi connectivity index (χ0v) is 13.2. The topological polar surface area (TPSA) is 50.2 Å². The van der Waals surface area contributed by atoms with Gasteiger partial charge in [-0.1, -0.05) is 24.9 Å². The van der Waals surface area contributed by atoms with Crippen LogP contribution < -0.4 is 5.32 Å². The summed E-state index contributed by atoms with van der Waals surface area (Å²) in [6.45, 7) is 3.72. The van der Waals surface area contributed by atoms with Crippen molar-refractivity contribution in [2.24, 2.45) is 7.05 Å². The van der Waals surface area contributed by atoms with Crippen molar-refractivity contribution in [3.05, 3.63) is 16.4 Å². The second-order valence-electron chi connectivity index (χ2n) is 5.29. The molecule has 1 aliphatic heterocycles. The zero-order valence-electron chi connectivity index (χ0n) is 12.4. The highest BCUT2D eigenvalue weighted by Gasteiger charge is 2.29. The molecule has 20 heavy (non-hydrogen) atoms. The molecule has 0 spiro atoms. The van der Waals surface area contributed by atoms with Crippen molar-refractivity contribution in [1.29, 1.82) is 0 Å². The van der Waals surface area contributed by atoms with E-state index in [0.717, 1.165) is 43.5 Å². The van der Waals surface area contributed by atoms with Crippen LogP contribution in [0.1, 0.15) is 37.4 Å². The number of carbonyl (C=O) groups excluding carboxylic acids is 1. The highest BCUT2D eigenvalue weighted by atomic mass is 35.5. The SMILES string of the molecule is CCc1nn(C)c(Cl)c1CN1CCCC[C@@H]1C(=O)NC. The second-order valence-corrected chi connectivity index (χ2v) is 5.65. The third-order valence-corrected chi connectivity index (χ3v) is 4.48. The van der Waals surface area contributed by atoms with Gasteiger partial charge in [0.05, 0.1) is 11.7 Å². The normalized spacial score (nSPS) is 20.1. The lowest BCUT2D eigenvalue weighted by Gasteiger charge is -2.34. The van der Waals surface area contributed by atoms with Gasteiger partial charge >= 0.3 is 0 Å². The fourth-order valence-corrected chi connectivity index (χ4v) is 3.09. The summed E-state index contributed by atoms with van der Waals surface area (Å²) in [7, 11) is 3.56. The monoisotopic (exact) mass is 298 g/mol. The molecule has 112 valence electrons. The molecule has 5 nitrogen and oxygen atoms in total. The third-order valence-electron chi connectivity index (χ3n) is 4.01. The summed E-state index contributed by atoms with van der Waals surface area (Å²) in [4.78, 5) is 14.2. The molecule has 0 unspecified atom stereocenters. The van der Waals surface area contributed by atoms with Gasteiger partial charge in [-0.05, 0) is 25.8 Å². The summed E-state index contributed by atoms with van der Waals surface area (Å²) in [5.74, 6) is 0.0998. The number of nitrogens with one attached hydrogen (secondary N) is 1. The molecule has 1 aromatic heterocycles. The standard InChI is InChI=1S/C14H23ClN4O/c1-4-11-10(13(15)18(3)17-11)9-19-8-6-5-7-12(19)14(20)16-2/h12H,4-9H2,1-3H3,(H,16,20)/t12-/m1/s1. The minimum absolute atomic E-state index is 0.0465. The molecule has 1 N–H and O–H groups in total. The summed E-state index contributed by atoms with van der Waals surface area (Å²) < 4.78 is 1.72. The van der Waals surface area contributed by atoms with E-state index in [1.165, 1.54) is 0 Å². The van der Waals surface area contributed by atoms with Crippen molar-refractivity contribution in [2.45, 2.75) is 45.2 Å². The molecule has 1 aromatic rings. The van der Waals surface area contributed by atoms with E-state index in [-0.39, 0.29) is 11.9 Å². The fraction of sp³-hybridized carbons (Fsp3) is 0.714. The minimum atomic E-state index is -0.0465. The number of amides is 1. The van der Waals surface area contributed by atoms with Crippen LogP contribution in [0.25, 0.3) is 0 Å². The number of nitrogens with zero attached hydrogens (tertiary/aromatic N) is 3. The number of aromatic nitrogens is 2. The van der Waals surface area contributed by atoms with E-state index >= 15 is 0 Å². The van der Waals surface area contributed by atoms with Gasteiger partial charge in [-0.2, -0.15) is 5.10 Å². The van der Waals surface area contributed by atoms with Crippen LogP contribution >= 0.6 is 11.6 Å². The average molecular weight is 299 g/mol. The Hall–Kier alpha value is -1.07. The lowest BCUT2D eigenvalue weighted by molar-refractivity contribution is -0.127. The average Bonchev–Trinajstić information content (AvgIpc) is 2.74. The van der Waals surface area contributed by atoms with Crippen LogP contribution in [0.3, 0.4) is 0 Å². The Morgan fingerprint density at radius 2 is 2.25 bits per heavy atom. The van der Waals surface area contributed by atoms with Crippen molar-refractivity contribution >= 4 is 17.5 Å². The van der Waals surface area contributed by atoms with Gasteiger partial charge in [-0.3, -0.25) is 14.4 Å². The largest absolute Gasteiger partial charge is 0.358 e. The predicted octanol–water partition coefficient (Wildman–Crippen LogP) is 1.74. The molecule has 2 rings (SSSR count). The van der Waals surface area contributed by atoms with Crippen molar-refractivity contribution in [1.82, 2.24) is 20.0 Å². The maximum Gasteiger partial charge on any atom is 0.237 e. The van der Waals surface area contributed by atoms with Gasteiger partial charge in [0.2, 0.25) is 5.91 Å². The number of carbonyl (C=O) groups is 1. The summed E-state index contributed by atoms with van der Waals surface area (Å²) in [6, 6.07) is -0.0465. The molecule has 2 heterocycles. The first-order valence-electron chi connectivity index (χ1n) is 7.24. The van der Waals surface area contributed by atoms with Crippen LogP contribution in [-0.4, -0.2) is 40.2 Å². The van der Waals surface area contributed by atoms with Crippen LogP contribution in [0.15, 0.2) is 0 Å². The first-order valence-corrected chi connectivity index (χ1v) is 7.62. The van der Waals surface area contributed by atoms with Crippen molar-refractivity contribution in [2.75, 3.05) is 13.6 Å². The maximum absolute atomic E-state index is 12.0. The molecule has 1 saturated heterocycles. The summed E-state index contributed by atoms with van der Waals surface area (Å²) in [6.07, 6.45) is 4.01. The molecule has 1 atom stereocenters. The second kappa shape index (κ2) is 6.59. The number of rotatable bonds is 4. The Bertz CT molecular complexity index is 486. The molecule has 0 radical (unpaired) electrons. The summed E-state index contributed by atoms with van der Waals surface area (Å²) in [5.41, 5.74) is 2.09. The molecule has 0 saturated carbocycles. The van der Waals surface area contributed by atoms with Gasteiger partial charge in [-0.15, -0.1) is 0 Å². The molecule has 0 aromatic carbocycles. The Balaban J connectivity index is 2.20. The first kappa shape index (κ1) is 15.3. The third kappa shape index (κ3) is 2.99. The molecular weight excluding hydrogens is 276 g/mol. The van der Waals surface area contributed by atoms with Crippen LogP contribution in [0.4, 0.5) is 0 Å². The van der Waals surface area contributed by atoms with Crippen LogP contribution in [-0.2, 0) is 24.8 Å². The van der Waals surface area contributed by atoms with E-state index in [9.17, 15) is 4.79 Å².